The van der Waals surface area contributed by atoms with Gasteiger partial charge in [-0.15, -0.1) is 0 Å². The molecule has 7 nitrogen and oxygen atoms in total. The van der Waals surface area contributed by atoms with E-state index >= 15 is 0 Å². The van der Waals surface area contributed by atoms with E-state index in [0.29, 0.717) is 17.8 Å². The zero-order chi connectivity index (χ0) is 20.1. The maximum absolute atomic E-state index is 12.6. The minimum absolute atomic E-state index is 0.210. The van der Waals surface area contributed by atoms with Gasteiger partial charge in [-0.05, 0) is 60.9 Å². The van der Waals surface area contributed by atoms with E-state index in [2.05, 4.69) is 20.5 Å². The average Bonchev–Trinajstić information content (AvgIpc) is 3.47. The third-order valence-electron chi connectivity index (χ3n) is 4.82. The summed E-state index contributed by atoms with van der Waals surface area (Å²) in [5.41, 5.74) is 1.99. The predicted octanol–water partition coefficient (Wildman–Crippen LogP) is 3.46. The summed E-state index contributed by atoms with van der Waals surface area (Å²) in [5, 5.41) is 5.65. The minimum atomic E-state index is -0.362. The third kappa shape index (κ3) is 4.63. The summed E-state index contributed by atoms with van der Waals surface area (Å²) in [6.45, 7) is 2.46. The monoisotopic (exact) mass is 390 g/mol. The number of carbonyl (C=O) groups is 2. The molecule has 2 amide bonds. The molecule has 2 N–H and O–H groups in total. The SMILES string of the molecule is O=C(NCc1ccnc(N2CCCC2)c1)c1cccc(NC(=O)c2ccco2)c1. The first-order valence-corrected chi connectivity index (χ1v) is 9.62. The standard InChI is InChI=1S/C22H22N4O3/c27-21(24-15-16-8-9-23-20(13-16)26-10-1-2-11-26)17-5-3-6-18(14-17)25-22(28)19-7-4-12-29-19/h3-9,12-14H,1-2,10-11,15H2,(H,24,27)(H,25,28). The van der Waals surface area contributed by atoms with E-state index in [9.17, 15) is 9.59 Å². The summed E-state index contributed by atoms with van der Waals surface area (Å²) in [4.78, 5) is 31.3. The van der Waals surface area contributed by atoms with E-state index in [-0.39, 0.29) is 17.6 Å². The van der Waals surface area contributed by atoms with Crippen LogP contribution >= 0.6 is 0 Å². The molecule has 1 aromatic carbocycles. The largest absolute Gasteiger partial charge is 0.459 e. The Balaban J connectivity index is 1.37. The van der Waals surface area contributed by atoms with Crippen LogP contribution in [0.25, 0.3) is 0 Å². The number of furan rings is 1. The molecule has 0 unspecified atom stereocenters. The van der Waals surface area contributed by atoms with Crippen LogP contribution in [0.5, 0.6) is 0 Å². The highest BCUT2D eigenvalue weighted by Crippen LogP contribution is 2.18. The lowest BCUT2D eigenvalue weighted by atomic mass is 10.1. The Labute approximate surface area is 168 Å². The molecule has 1 saturated heterocycles. The van der Waals surface area contributed by atoms with Crippen LogP contribution in [0.4, 0.5) is 11.5 Å². The summed E-state index contributed by atoms with van der Waals surface area (Å²) >= 11 is 0. The fourth-order valence-corrected chi connectivity index (χ4v) is 3.31. The van der Waals surface area contributed by atoms with Crippen molar-refractivity contribution in [1.82, 2.24) is 10.3 Å². The number of hydrogen-bond acceptors (Lipinski definition) is 5. The lowest BCUT2D eigenvalue weighted by Gasteiger charge is -2.17. The summed E-state index contributed by atoms with van der Waals surface area (Å²) in [6, 6.07) is 13.9. The zero-order valence-corrected chi connectivity index (χ0v) is 15.9. The molecule has 4 rings (SSSR count). The fourth-order valence-electron chi connectivity index (χ4n) is 3.31. The van der Waals surface area contributed by atoms with Crippen molar-refractivity contribution in [3.63, 3.8) is 0 Å². The first-order valence-electron chi connectivity index (χ1n) is 9.62. The van der Waals surface area contributed by atoms with Gasteiger partial charge in [0.2, 0.25) is 0 Å². The molecule has 0 radical (unpaired) electrons. The van der Waals surface area contributed by atoms with E-state index in [0.717, 1.165) is 24.5 Å². The first-order chi connectivity index (χ1) is 14.2. The van der Waals surface area contributed by atoms with Gasteiger partial charge in [0, 0.05) is 37.1 Å². The smallest absolute Gasteiger partial charge is 0.291 e. The number of anilines is 2. The molecule has 2 aromatic heterocycles. The lowest BCUT2D eigenvalue weighted by molar-refractivity contribution is 0.0949. The molecule has 0 saturated carbocycles. The maximum Gasteiger partial charge on any atom is 0.291 e. The van der Waals surface area contributed by atoms with Crippen LogP contribution in [-0.2, 0) is 6.54 Å². The Morgan fingerprint density at radius 3 is 2.69 bits per heavy atom. The number of hydrogen-bond donors (Lipinski definition) is 2. The van der Waals surface area contributed by atoms with Crippen molar-refractivity contribution in [2.24, 2.45) is 0 Å². The predicted molar refractivity (Wildman–Crippen MR) is 110 cm³/mol. The molecule has 1 fully saturated rings. The molecular formula is C22H22N4O3. The Bertz CT molecular complexity index is 995. The highest BCUT2D eigenvalue weighted by atomic mass is 16.3. The van der Waals surface area contributed by atoms with Gasteiger partial charge in [0.05, 0.1) is 6.26 Å². The normalized spacial score (nSPS) is 13.3. The average molecular weight is 390 g/mol. The quantitative estimate of drug-likeness (QED) is 0.673. The van der Waals surface area contributed by atoms with Gasteiger partial charge in [0.25, 0.3) is 11.8 Å². The molecule has 0 aliphatic carbocycles. The van der Waals surface area contributed by atoms with Gasteiger partial charge < -0.3 is 20.0 Å². The molecule has 3 aromatic rings. The number of nitrogens with zero attached hydrogens (tertiary/aromatic N) is 2. The van der Waals surface area contributed by atoms with Gasteiger partial charge in [-0.1, -0.05) is 6.07 Å². The van der Waals surface area contributed by atoms with Crippen molar-refractivity contribution in [2.75, 3.05) is 23.3 Å². The zero-order valence-electron chi connectivity index (χ0n) is 15.9. The van der Waals surface area contributed by atoms with Gasteiger partial charge in [0.15, 0.2) is 5.76 Å². The number of benzene rings is 1. The Hall–Kier alpha value is -3.61. The molecular weight excluding hydrogens is 368 g/mol. The van der Waals surface area contributed by atoms with Crippen LogP contribution in [0, 0.1) is 0 Å². The van der Waals surface area contributed by atoms with Crippen molar-refractivity contribution >= 4 is 23.3 Å². The van der Waals surface area contributed by atoms with Crippen LogP contribution in [-0.4, -0.2) is 29.9 Å². The number of aromatic nitrogens is 1. The first kappa shape index (κ1) is 18.7. The summed E-state index contributed by atoms with van der Waals surface area (Å²) in [5.74, 6) is 0.598. The molecule has 3 heterocycles. The van der Waals surface area contributed by atoms with Gasteiger partial charge >= 0.3 is 0 Å². The van der Waals surface area contributed by atoms with Crippen molar-refractivity contribution in [2.45, 2.75) is 19.4 Å². The van der Waals surface area contributed by atoms with E-state index in [1.54, 1.807) is 42.6 Å². The van der Waals surface area contributed by atoms with Crippen LogP contribution in [0.3, 0.4) is 0 Å². The topological polar surface area (TPSA) is 87.5 Å². The number of nitrogens with one attached hydrogen (secondary N) is 2. The third-order valence-corrected chi connectivity index (χ3v) is 4.82. The van der Waals surface area contributed by atoms with E-state index in [4.69, 9.17) is 4.42 Å². The molecule has 0 atom stereocenters. The second-order valence-electron chi connectivity index (χ2n) is 6.91. The molecule has 0 spiro atoms. The highest BCUT2D eigenvalue weighted by molar-refractivity contribution is 6.03. The van der Waals surface area contributed by atoms with Gasteiger partial charge in [-0.3, -0.25) is 9.59 Å². The van der Waals surface area contributed by atoms with Crippen LogP contribution in [0.1, 0.15) is 39.3 Å². The molecule has 1 aliphatic rings. The molecule has 0 bridgehead atoms. The summed E-state index contributed by atoms with van der Waals surface area (Å²) in [6.07, 6.45) is 5.60. The van der Waals surface area contributed by atoms with Gasteiger partial charge in [-0.25, -0.2) is 4.98 Å². The Morgan fingerprint density at radius 1 is 1.03 bits per heavy atom. The van der Waals surface area contributed by atoms with Gasteiger partial charge in [-0.2, -0.15) is 0 Å². The van der Waals surface area contributed by atoms with Crippen LogP contribution in [0.15, 0.2) is 65.4 Å². The van der Waals surface area contributed by atoms with E-state index in [1.165, 1.54) is 19.1 Å². The molecule has 7 heteroatoms. The van der Waals surface area contributed by atoms with Gasteiger partial charge in [0.1, 0.15) is 5.82 Å². The number of rotatable bonds is 6. The number of pyridine rings is 1. The Morgan fingerprint density at radius 2 is 1.90 bits per heavy atom. The summed E-state index contributed by atoms with van der Waals surface area (Å²) in [7, 11) is 0. The van der Waals surface area contributed by atoms with Crippen molar-refractivity contribution in [1.29, 1.82) is 0 Å². The highest BCUT2D eigenvalue weighted by Gasteiger charge is 2.14. The lowest BCUT2D eigenvalue weighted by Crippen LogP contribution is -2.24. The van der Waals surface area contributed by atoms with Crippen molar-refractivity contribution in [3.8, 4) is 0 Å². The van der Waals surface area contributed by atoms with Crippen molar-refractivity contribution < 1.29 is 14.0 Å². The minimum Gasteiger partial charge on any atom is -0.459 e. The fraction of sp³-hybridized carbons (Fsp3) is 0.227. The molecule has 29 heavy (non-hydrogen) atoms. The molecule has 1 aliphatic heterocycles. The molecule has 148 valence electrons. The Kier molecular flexibility index (Phi) is 5.56. The van der Waals surface area contributed by atoms with Crippen LogP contribution < -0.4 is 15.5 Å². The maximum atomic E-state index is 12.6. The number of amides is 2. The summed E-state index contributed by atoms with van der Waals surface area (Å²) < 4.78 is 5.08. The number of carbonyl (C=O) groups excluding carboxylic acids is 2. The second-order valence-corrected chi connectivity index (χ2v) is 6.91. The van der Waals surface area contributed by atoms with E-state index in [1.807, 2.05) is 12.1 Å². The van der Waals surface area contributed by atoms with E-state index < -0.39 is 0 Å². The second kappa shape index (κ2) is 8.60. The van der Waals surface area contributed by atoms with Crippen LogP contribution in [0.2, 0.25) is 0 Å². The van der Waals surface area contributed by atoms with Crippen molar-refractivity contribution in [3.05, 3.63) is 77.9 Å².